The zero-order valence-corrected chi connectivity index (χ0v) is 10.4. The molecule has 2 aromatic rings. The average Bonchev–Trinajstić information content (AvgIpc) is 2.82. The second kappa shape index (κ2) is 3.54. The smallest absolute Gasteiger partial charge is 0.311 e. The SMILES string of the molecule is CC1=COC2(O1)c1ccccc1Oc1ccccc12. The molecule has 0 bridgehead atoms. The topological polar surface area (TPSA) is 27.7 Å². The van der Waals surface area contributed by atoms with Crippen LogP contribution in [0.5, 0.6) is 11.5 Å². The first-order valence-corrected chi connectivity index (χ1v) is 6.20. The maximum atomic E-state index is 6.00. The van der Waals surface area contributed by atoms with Crippen LogP contribution >= 0.6 is 0 Å². The molecule has 0 fully saturated rings. The summed E-state index contributed by atoms with van der Waals surface area (Å²) in [6.45, 7) is 1.88. The lowest BCUT2D eigenvalue weighted by atomic mass is 9.93. The van der Waals surface area contributed by atoms with Crippen molar-refractivity contribution in [1.82, 2.24) is 0 Å². The fourth-order valence-corrected chi connectivity index (χ4v) is 2.60. The molecule has 0 atom stereocenters. The normalized spacial score (nSPS) is 17.6. The Hall–Kier alpha value is -2.42. The van der Waals surface area contributed by atoms with Crippen molar-refractivity contribution in [3.05, 3.63) is 71.7 Å². The van der Waals surface area contributed by atoms with E-state index in [1.54, 1.807) is 6.26 Å². The van der Waals surface area contributed by atoms with Gasteiger partial charge in [0.25, 0.3) is 0 Å². The van der Waals surface area contributed by atoms with E-state index in [4.69, 9.17) is 14.2 Å². The van der Waals surface area contributed by atoms with Gasteiger partial charge in [0.1, 0.15) is 23.5 Å². The van der Waals surface area contributed by atoms with E-state index in [1.165, 1.54) is 0 Å². The summed E-state index contributed by atoms with van der Waals surface area (Å²) in [7, 11) is 0. The molecule has 2 aromatic carbocycles. The Balaban J connectivity index is 2.00. The molecule has 3 nitrogen and oxygen atoms in total. The van der Waals surface area contributed by atoms with Gasteiger partial charge in [-0.05, 0) is 31.2 Å². The van der Waals surface area contributed by atoms with Crippen LogP contribution in [0.3, 0.4) is 0 Å². The van der Waals surface area contributed by atoms with Gasteiger partial charge in [0, 0.05) is 0 Å². The zero-order chi connectivity index (χ0) is 12.9. The molecule has 0 aromatic heterocycles. The van der Waals surface area contributed by atoms with Gasteiger partial charge in [0.05, 0.1) is 11.1 Å². The van der Waals surface area contributed by atoms with Crippen molar-refractivity contribution in [1.29, 1.82) is 0 Å². The Morgan fingerprint density at radius 2 is 1.42 bits per heavy atom. The van der Waals surface area contributed by atoms with Crippen LogP contribution in [-0.4, -0.2) is 0 Å². The Kier molecular flexibility index (Phi) is 1.96. The van der Waals surface area contributed by atoms with Crippen molar-refractivity contribution in [3.63, 3.8) is 0 Å². The van der Waals surface area contributed by atoms with Crippen LogP contribution in [0.1, 0.15) is 18.1 Å². The van der Waals surface area contributed by atoms with Crippen LogP contribution in [-0.2, 0) is 15.3 Å². The molecule has 0 radical (unpaired) electrons. The van der Waals surface area contributed by atoms with Gasteiger partial charge in [-0.3, -0.25) is 0 Å². The van der Waals surface area contributed by atoms with E-state index in [0.29, 0.717) is 0 Å². The summed E-state index contributed by atoms with van der Waals surface area (Å²) in [6, 6.07) is 15.6. The Morgan fingerprint density at radius 3 is 1.95 bits per heavy atom. The summed E-state index contributed by atoms with van der Waals surface area (Å²) in [6.07, 6.45) is 1.65. The molecular formula is C16H12O3. The summed E-state index contributed by atoms with van der Waals surface area (Å²) in [5, 5.41) is 0. The molecule has 4 rings (SSSR count). The molecule has 94 valence electrons. The van der Waals surface area contributed by atoms with Crippen molar-refractivity contribution in [2.45, 2.75) is 12.7 Å². The fourth-order valence-electron chi connectivity index (χ4n) is 2.60. The number of para-hydroxylation sites is 2. The molecular weight excluding hydrogens is 240 g/mol. The Morgan fingerprint density at radius 1 is 0.842 bits per heavy atom. The minimum absolute atomic E-state index is 0.756. The maximum Gasteiger partial charge on any atom is 0.311 e. The summed E-state index contributed by atoms with van der Waals surface area (Å²) in [5.74, 6) is 1.38. The lowest BCUT2D eigenvalue weighted by Gasteiger charge is -2.35. The van der Waals surface area contributed by atoms with Crippen molar-refractivity contribution < 1.29 is 14.2 Å². The molecule has 0 saturated carbocycles. The Bertz CT molecular complexity index is 642. The number of rotatable bonds is 0. The largest absolute Gasteiger partial charge is 0.456 e. The number of hydrogen-bond acceptors (Lipinski definition) is 3. The van der Waals surface area contributed by atoms with E-state index in [2.05, 4.69) is 0 Å². The molecule has 1 spiro atoms. The molecule has 2 aliphatic rings. The summed E-state index contributed by atoms with van der Waals surface area (Å²) >= 11 is 0. The van der Waals surface area contributed by atoms with Gasteiger partial charge >= 0.3 is 5.79 Å². The van der Waals surface area contributed by atoms with E-state index < -0.39 is 5.79 Å². The van der Waals surface area contributed by atoms with E-state index in [1.807, 2.05) is 55.5 Å². The van der Waals surface area contributed by atoms with Crippen LogP contribution in [0, 0.1) is 0 Å². The van der Waals surface area contributed by atoms with Gasteiger partial charge in [-0.1, -0.05) is 24.3 Å². The summed E-state index contributed by atoms with van der Waals surface area (Å²) < 4.78 is 17.8. The monoisotopic (exact) mass is 252 g/mol. The number of allylic oxidation sites excluding steroid dienone is 1. The highest BCUT2D eigenvalue weighted by Gasteiger charge is 2.48. The highest BCUT2D eigenvalue weighted by Crippen LogP contribution is 2.52. The minimum atomic E-state index is -0.907. The van der Waals surface area contributed by atoms with E-state index >= 15 is 0 Å². The molecule has 0 aliphatic carbocycles. The fraction of sp³-hybridized carbons (Fsp3) is 0.125. The van der Waals surface area contributed by atoms with Crippen LogP contribution < -0.4 is 4.74 Å². The van der Waals surface area contributed by atoms with Gasteiger partial charge in [-0.25, -0.2) is 0 Å². The van der Waals surface area contributed by atoms with Crippen molar-refractivity contribution >= 4 is 0 Å². The highest BCUT2D eigenvalue weighted by atomic mass is 16.7. The van der Waals surface area contributed by atoms with Gasteiger partial charge in [-0.2, -0.15) is 0 Å². The van der Waals surface area contributed by atoms with E-state index in [-0.39, 0.29) is 0 Å². The third-order valence-electron chi connectivity index (χ3n) is 3.40. The third-order valence-corrected chi connectivity index (χ3v) is 3.40. The van der Waals surface area contributed by atoms with E-state index in [0.717, 1.165) is 28.4 Å². The van der Waals surface area contributed by atoms with Crippen molar-refractivity contribution in [2.75, 3.05) is 0 Å². The minimum Gasteiger partial charge on any atom is -0.456 e. The number of ether oxygens (including phenoxy) is 3. The lowest BCUT2D eigenvalue weighted by molar-refractivity contribution is -0.125. The highest BCUT2D eigenvalue weighted by molar-refractivity contribution is 5.55. The standard InChI is InChI=1S/C16H12O3/c1-11-10-17-16(19-11)12-6-2-4-8-14(12)18-15-9-5-3-7-13(15)16/h2-10H,1H3. The third kappa shape index (κ3) is 1.32. The number of fused-ring (bicyclic) bond motifs is 4. The Labute approximate surface area is 111 Å². The maximum absolute atomic E-state index is 6.00. The average molecular weight is 252 g/mol. The quantitative estimate of drug-likeness (QED) is 0.711. The molecule has 19 heavy (non-hydrogen) atoms. The molecule has 2 aliphatic heterocycles. The molecule has 2 heterocycles. The van der Waals surface area contributed by atoms with Crippen LogP contribution in [0.25, 0.3) is 0 Å². The van der Waals surface area contributed by atoms with Crippen LogP contribution in [0.15, 0.2) is 60.6 Å². The second-order valence-corrected chi connectivity index (χ2v) is 4.66. The molecule has 0 amide bonds. The first-order chi connectivity index (χ1) is 9.29. The molecule has 0 N–H and O–H groups in total. The predicted molar refractivity (Wildman–Crippen MR) is 69.7 cm³/mol. The van der Waals surface area contributed by atoms with Gasteiger partial charge in [0.15, 0.2) is 0 Å². The first-order valence-electron chi connectivity index (χ1n) is 6.20. The first kappa shape index (κ1) is 10.5. The molecule has 0 saturated heterocycles. The molecule has 3 heteroatoms. The number of hydrogen-bond donors (Lipinski definition) is 0. The van der Waals surface area contributed by atoms with Crippen LogP contribution in [0.4, 0.5) is 0 Å². The van der Waals surface area contributed by atoms with Crippen molar-refractivity contribution in [3.8, 4) is 11.5 Å². The van der Waals surface area contributed by atoms with E-state index in [9.17, 15) is 0 Å². The van der Waals surface area contributed by atoms with Crippen LogP contribution in [0.2, 0.25) is 0 Å². The van der Waals surface area contributed by atoms with Crippen molar-refractivity contribution in [2.24, 2.45) is 0 Å². The zero-order valence-electron chi connectivity index (χ0n) is 10.4. The summed E-state index contributed by atoms with van der Waals surface area (Å²) in [4.78, 5) is 0. The van der Waals surface area contributed by atoms with Gasteiger partial charge in [0.2, 0.25) is 0 Å². The summed E-state index contributed by atoms with van der Waals surface area (Å²) in [5.41, 5.74) is 1.78. The lowest BCUT2D eigenvalue weighted by Crippen LogP contribution is -2.32. The predicted octanol–water partition coefficient (Wildman–Crippen LogP) is 3.90. The second-order valence-electron chi connectivity index (χ2n) is 4.66. The number of benzene rings is 2. The van der Waals surface area contributed by atoms with Gasteiger partial charge in [-0.15, -0.1) is 0 Å². The van der Waals surface area contributed by atoms with Gasteiger partial charge < -0.3 is 14.2 Å². The molecule has 0 unspecified atom stereocenters.